The van der Waals surface area contributed by atoms with Crippen molar-refractivity contribution in [1.29, 1.82) is 0 Å². The molecule has 1 aromatic rings. The predicted octanol–water partition coefficient (Wildman–Crippen LogP) is 4.28. The molecule has 0 radical (unpaired) electrons. The van der Waals surface area contributed by atoms with Gasteiger partial charge in [0, 0.05) is 17.4 Å². The van der Waals surface area contributed by atoms with Crippen LogP contribution in [0.2, 0.25) is 5.02 Å². The topological polar surface area (TPSA) is 89.8 Å². The van der Waals surface area contributed by atoms with Crippen LogP contribution in [0.15, 0.2) is 18.2 Å². The molecule has 0 aromatic heterocycles. The van der Waals surface area contributed by atoms with Crippen molar-refractivity contribution in [2.24, 2.45) is 0 Å². The minimum atomic E-state index is -0.691. The van der Waals surface area contributed by atoms with Crippen LogP contribution in [0.5, 0.6) is 0 Å². The van der Waals surface area contributed by atoms with E-state index in [4.69, 9.17) is 16.3 Å². The summed E-state index contributed by atoms with van der Waals surface area (Å²) in [4.78, 5) is 37.5. The summed E-state index contributed by atoms with van der Waals surface area (Å²) in [6.45, 7) is 4.04. The number of unbranched alkanes of at least 4 members (excludes halogenated alkanes) is 2. The average molecular weight is 415 g/mol. The molecule has 2 rings (SSSR count). The first-order valence-corrected chi connectivity index (χ1v) is 10.4. The number of carbonyl (C=O) groups is 2. The number of esters is 1. The van der Waals surface area contributed by atoms with E-state index in [-0.39, 0.29) is 28.3 Å². The molecule has 1 aliphatic heterocycles. The van der Waals surface area contributed by atoms with E-state index in [2.05, 4.69) is 6.92 Å². The lowest BCUT2D eigenvalue weighted by Crippen LogP contribution is -2.46. The van der Waals surface area contributed by atoms with Gasteiger partial charge >= 0.3 is 5.97 Å². The summed E-state index contributed by atoms with van der Waals surface area (Å²) in [6.07, 6.45) is 3.79. The van der Waals surface area contributed by atoms with Gasteiger partial charge in [0.05, 0.1) is 16.9 Å². The molecule has 1 heterocycles. The lowest BCUT2D eigenvalue weighted by Gasteiger charge is -2.28. The normalized spacial score (nSPS) is 19.1. The van der Waals surface area contributed by atoms with Gasteiger partial charge in [-0.25, -0.2) is 4.79 Å². The third-order valence-electron chi connectivity index (χ3n) is 4.33. The summed E-state index contributed by atoms with van der Waals surface area (Å²) >= 11 is 7.39. The molecule has 1 fully saturated rings. The Balaban J connectivity index is 2.31. The van der Waals surface area contributed by atoms with Crippen molar-refractivity contribution < 1.29 is 19.2 Å². The fourth-order valence-corrected chi connectivity index (χ4v) is 4.61. The number of rotatable bonds is 8. The highest BCUT2D eigenvalue weighted by Crippen LogP contribution is 2.35. The predicted molar refractivity (Wildman–Crippen MR) is 105 cm³/mol. The smallest absolute Gasteiger partial charge is 0.329 e. The SMILES string of the molecule is CCCCCC1SCC(C(=O)OCC)N1C(=O)c1ccc(Cl)c([N+](=O)[O-])c1. The van der Waals surface area contributed by atoms with Crippen LogP contribution in [0.4, 0.5) is 5.69 Å². The number of halogens is 1. The maximum Gasteiger partial charge on any atom is 0.329 e. The second kappa shape index (κ2) is 9.94. The molecule has 9 heteroatoms. The number of ether oxygens (including phenoxy) is 1. The number of hydrogen-bond acceptors (Lipinski definition) is 6. The van der Waals surface area contributed by atoms with Crippen molar-refractivity contribution in [2.45, 2.75) is 50.9 Å². The molecule has 2 unspecified atom stereocenters. The lowest BCUT2D eigenvalue weighted by molar-refractivity contribution is -0.384. The zero-order valence-electron chi connectivity index (χ0n) is 15.4. The monoisotopic (exact) mass is 414 g/mol. The van der Waals surface area contributed by atoms with Gasteiger partial charge in [0.25, 0.3) is 11.6 Å². The molecule has 0 bridgehead atoms. The largest absolute Gasteiger partial charge is 0.464 e. The van der Waals surface area contributed by atoms with Crippen molar-refractivity contribution in [3.8, 4) is 0 Å². The quantitative estimate of drug-likeness (QED) is 0.273. The van der Waals surface area contributed by atoms with Gasteiger partial charge in [-0.3, -0.25) is 14.9 Å². The van der Waals surface area contributed by atoms with E-state index in [1.54, 1.807) is 18.7 Å². The highest BCUT2D eigenvalue weighted by molar-refractivity contribution is 8.00. The number of thioether (sulfide) groups is 1. The van der Waals surface area contributed by atoms with Crippen LogP contribution in [0.25, 0.3) is 0 Å². The van der Waals surface area contributed by atoms with Gasteiger partial charge < -0.3 is 9.64 Å². The first-order valence-electron chi connectivity index (χ1n) is 8.95. The van der Waals surface area contributed by atoms with Gasteiger partial charge in [-0.15, -0.1) is 11.8 Å². The van der Waals surface area contributed by atoms with Crippen LogP contribution < -0.4 is 0 Å². The number of nitro groups is 1. The van der Waals surface area contributed by atoms with E-state index in [9.17, 15) is 19.7 Å². The van der Waals surface area contributed by atoms with Crippen LogP contribution >= 0.6 is 23.4 Å². The van der Waals surface area contributed by atoms with Crippen LogP contribution in [0.1, 0.15) is 49.9 Å². The van der Waals surface area contributed by atoms with Gasteiger partial charge in [0.1, 0.15) is 11.1 Å². The van der Waals surface area contributed by atoms with Crippen molar-refractivity contribution in [1.82, 2.24) is 4.90 Å². The molecule has 1 saturated heterocycles. The first-order chi connectivity index (χ1) is 12.9. The van der Waals surface area contributed by atoms with Gasteiger partial charge in [-0.2, -0.15) is 0 Å². The summed E-state index contributed by atoms with van der Waals surface area (Å²) in [6, 6.07) is 3.26. The van der Waals surface area contributed by atoms with Crippen LogP contribution in [0.3, 0.4) is 0 Å². The number of benzene rings is 1. The number of hydrogen-bond donors (Lipinski definition) is 0. The summed E-state index contributed by atoms with van der Waals surface area (Å²) in [5.74, 6) is -0.407. The van der Waals surface area contributed by atoms with Gasteiger partial charge in [0.2, 0.25) is 0 Å². The zero-order valence-corrected chi connectivity index (χ0v) is 16.9. The molecule has 0 N–H and O–H groups in total. The Labute approximate surface area is 167 Å². The van der Waals surface area contributed by atoms with E-state index in [1.165, 1.54) is 23.1 Å². The van der Waals surface area contributed by atoms with E-state index in [1.807, 2.05) is 0 Å². The Bertz CT molecular complexity index is 715. The Morgan fingerprint density at radius 2 is 2.11 bits per heavy atom. The molecule has 0 aliphatic carbocycles. The van der Waals surface area contributed by atoms with Crippen molar-refractivity contribution >= 4 is 40.9 Å². The molecule has 1 amide bonds. The van der Waals surface area contributed by atoms with E-state index in [0.717, 1.165) is 25.7 Å². The van der Waals surface area contributed by atoms with E-state index < -0.39 is 22.8 Å². The summed E-state index contributed by atoms with van der Waals surface area (Å²) in [5.41, 5.74) is -0.187. The molecule has 27 heavy (non-hydrogen) atoms. The molecule has 2 atom stereocenters. The number of amides is 1. The zero-order chi connectivity index (χ0) is 20.0. The minimum absolute atomic E-state index is 0.0335. The lowest BCUT2D eigenvalue weighted by atomic mass is 10.1. The summed E-state index contributed by atoms with van der Waals surface area (Å²) in [7, 11) is 0. The van der Waals surface area contributed by atoms with Crippen LogP contribution in [-0.2, 0) is 9.53 Å². The second-order valence-corrected chi connectivity index (χ2v) is 7.81. The highest BCUT2D eigenvalue weighted by atomic mass is 35.5. The first kappa shape index (κ1) is 21.5. The van der Waals surface area contributed by atoms with Gasteiger partial charge in [-0.1, -0.05) is 37.8 Å². The minimum Gasteiger partial charge on any atom is -0.464 e. The molecular formula is C18H23ClN2O5S. The molecule has 0 saturated carbocycles. The van der Waals surface area contributed by atoms with Crippen molar-refractivity contribution in [2.75, 3.05) is 12.4 Å². The Morgan fingerprint density at radius 1 is 1.37 bits per heavy atom. The summed E-state index contributed by atoms with van der Waals surface area (Å²) < 4.78 is 5.12. The molecule has 7 nitrogen and oxygen atoms in total. The number of nitro benzene ring substituents is 1. The standard InChI is InChI=1S/C18H23ClN2O5S/c1-3-5-6-7-16-20(15(11-27-16)18(23)26-4-2)17(22)12-8-9-13(19)14(10-12)21(24)25/h8-10,15-16H,3-7,11H2,1-2H3. The fraction of sp³-hybridized carbons (Fsp3) is 0.556. The fourth-order valence-electron chi connectivity index (χ4n) is 2.98. The van der Waals surface area contributed by atoms with Gasteiger partial charge in [-0.05, 0) is 25.5 Å². The van der Waals surface area contributed by atoms with Crippen molar-refractivity contribution in [3.63, 3.8) is 0 Å². The molecular weight excluding hydrogens is 392 g/mol. The summed E-state index contributed by atoms with van der Waals surface area (Å²) in [5, 5.41) is 10.9. The van der Waals surface area contributed by atoms with Crippen LogP contribution in [0, 0.1) is 10.1 Å². The Morgan fingerprint density at radius 3 is 2.74 bits per heavy atom. The maximum atomic E-state index is 13.1. The molecule has 1 aliphatic rings. The molecule has 1 aromatic carbocycles. The van der Waals surface area contributed by atoms with Crippen molar-refractivity contribution in [3.05, 3.63) is 38.9 Å². The molecule has 148 valence electrons. The third-order valence-corrected chi connectivity index (χ3v) is 6.01. The third kappa shape index (κ3) is 5.13. The Kier molecular flexibility index (Phi) is 7.91. The Hall–Kier alpha value is -1.80. The van der Waals surface area contributed by atoms with Crippen LogP contribution in [-0.4, -0.2) is 45.5 Å². The van der Waals surface area contributed by atoms with E-state index in [0.29, 0.717) is 5.75 Å². The second-order valence-electron chi connectivity index (χ2n) is 6.19. The highest BCUT2D eigenvalue weighted by Gasteiger charge is 2.42. The van der Waals surface area contributed by atoms with Gasteiger partial charge in [0.15, 0.2) is 0 Å². The molecule has 0 spiro atoms. The van der Waals surface area contributed by atoms with E-state index >= 15 is 0 Å². The maximum absolute atomic E-state index is 13.1. The number of nitrogens with zero attached hydrogens (tertiary/aromatic N) is 2. The average Bonchev–Trinajstić information content (AvgIpc) is 3.05. The number of carbonyl (C=O) groups excluding carboxylic acids is 2.